The average Bonchev–Trinajstić information content (AvgIpc) is 2.63. The normalized spacial score (nSPS) is 11.7. The highest BCUT2D eigenvalue weighted by molar-refractivity contribution is 5.83. The molecule has 0 saturated carbocycles. The second-order valence-corrected chi connectivity index (χ2v) is 9.90. The summed E-state index contributed by atoms with van der Waals surface area (Å²) in [6.45, 7) is 23.8. The number of aryl methyl sites for hydroxylation is 2. The van der Waals surface area contributed by atoms with Crippen LogP contribution in [0.1, 0.15) is 85.0 Å². The van der Waals surface area contributed by atoms with Gasteiger partial charge in [-0.1, -0.05) is 47.6 Å². The first kappa shape index (κ1) is 26.5. The summed E-state index contributed by atoms with van der Waals surface area (Å²) >= 11 is 0. The van der Waals surface area contributed by atoms with Crippen LogP contribution in [0.4, 0.5) is 11.6 Å². The van der Waals surface area contributed by atoms with Crippen LogP contribution in [0, 0.1) is 25.2 Å². The Balaban J connectivity index is 0.00000110. The lowest BCUT2D eigenvalue weighted by Gasteiger charge is -2.19. The van der Waals surface area contributed by atoms with Gasteiger partial charge in [0.05, 0.1) is 22.8 Å². The van der Waals surface area contributed by atoms with Crippen molar-refractivity contribution in [2.24, 2.45) is 16.3 Å². The van der Waals surface area contributed by atoms with Crippen LogP contribution in [0.3, 0.4) is 0 Å². The minimum absolute atomic E-state index is 0.174. The van der Waals surface area contributed by atoms with Crippen molar-refractivity contribution in [2.75, 3.05) is 11.9 Å². The van der Waals surface area contributed by atoms with Gasteiger partial charge in [-0.15, -0.1) is 0 Å². The molecule has 0 amide bonds. The second-order valence-electron chi connectivity index (χ2n) is 9.90. The summed E-state index contributed by atoms with van der Waals surface area (Å²) in [5.41, 5.74) is 6.87. The lowest BCUT2D eigenvalue weighted by molar-refractivity contribution is 0.441. The zero-order valence-corrected chi connectivity index (χ0v) is 21.4. The lowest BCUT2D eigenvalue weighted by Crippen LogP contribution is -2.20. The van der Waals surface area contributed by atoms with E-state index in [1.165, 1.54) is 0 Å². The molecule has 170 valence electrons. The molecule has 5 heteroatoms. The highest BCUT2D eigenvalue weighted by atomic mass is 15.1. The fraction of sp³-hybridized carbons (Fsp3) is 0.538. The Morgan fingerprint density at radius 1 is 1.06 bits per heavy atom. The van der Waals surface area contributed by atoms with E-state index in [9.17, 15) is 0 Å². The molecule has 5 nitrogen and oxygen atoms in total. The molecule has 0 atom stereocenters. The maximum absolute atomic E-state index is 4.76. The van der Waals surface area contributed by atoms with Crippen LogP contribution in [0.25, 0.3) is 5.57 Å². The molecule has 1 N–H and O–H groups in total. The van der Waals surface area contributed by atoms with Gasteiger partial charge in [-0.05, 0) is 58.1 Å². The van der Waals surface area contributed by atoms with E-state index in [0.717, 1.165) is 52.1 Å². The van der Waals surface area contributed by atoms with Crippen LogP contribution in [0.15, 0.2) is 29.4 Å². The predicted octanol–water partition coefficient (Wildman–Crippen LogP) is 7.17. The highest BCUT2D eigenvalue weighted by Gasteiger charge is 2.14. The summed E-state index contributed by atoms with van der Waals surface area (Å²) in [6.07, 6.45) is 3.94. The molecule has 2 rings (SSSR count). The molecule has 0 unspecified atom stereocenters. The lowest BCUT2D eigenvalue weighted by atomic mass is 9.97. The van der Waals surface area contributed by atoms with E-state index in [1.807, 2.05) is 52.9 Å². The van der Waals surface area contributed by atoms with Crippen molar-refractivity contribution in [2.45, 2.75) is 76.2 Å². The molecule has 0 aliphatic rings. The van der Waals surface area contributed by atoms with Crippen LogP contribution < -0.4 is 5.32 Å². The minimum Gasteiger partial charge on any atom is -0.354 e. The maximum atomic E-state index is 4.76. The van der Waals surface area contributed by atoms with Gasteiger partial charge >= 0.3 is 0 Å². The van der Waals surface area contributed by atoms with Crippen LogP contribution in [-0.4, -0.2) is 27.2 Å². The Bertz CT molecular complexity index is 911. The number of nitrogens with one attached hydrogen (secondary N) is 1. The summed E-state index contributed by atoms with van der Waals surface area (Å²) in [5.74, 6) is 1.49. The molecule has 0 saturated heterocycles. The Labute approximate surface area is 189 Å². The molecular formula is C26H41N5. The summed E-state index contributed by atoms with van der Waals surface area (Å²) in [7, 11) is 0. The van der Waals surface area contributed by atoms with Crippen molar-refractivity contribution in [1.29, 1.82) is 0 Å². The van der Waals surface area contributed by atoms with Crippen LogP contribution in [0.2, 0.25) is 0 Å². The number of hydrogen-bond acceptors (Lipinski definition) is 5. The third-order valence-corrected chi connectivity index (χ3v) is 4.01. The zero-order chi connectivity index (χ0) is 23.8. The molecular weight excluding hydrogens is 382 g/mol. The standard InChI is InChI=1S/C22H31N5.C4H10/c1-9-17(20-11-10-19(16(5)26-20)25-14(2)3)18-12-23-21(27-15(18)4)24-13-22(6,7)8;1-4(2)3/h9-12H,13H2,1-8H3,(H,23,24,27);4H,1-3H3/b17-9+;. The number of rotatable bonds is 5. The predicted molar refractivity (Wildman–Crippen MR) is 135 cm³/mol. The van der Waals surface area contributed by atoms with Gasteiger partial charge in [-0.3, -0.25) is 9.98 Å². The fourth-order valence-electron chi connectivity index (χ4n) is 2.67. The number of pyridine rings is 1. The Kier molecular flexibility index (Phi) is 10.0. The van der Waals surface area contributed by atoms with Gasteiger partial charge in [0.25, 0.3) is 0 Å². The third kappa shape index (κ3) is 9.41. The summed E-state index contributed by atoms with van der Waals surface area (Å²) in [5, 5.41) is 3.31. The topological polar surface area (TPSA) is 63.1 Å². The van der Waals surface area contributed by atoms with Gasteiger partial charge in [-0.2, -0.15) is 0 Å². The number of aromatic nitrogens is 3. The molecule has 0 bridgehead atoms. The van der Waals surface area contributed by atoms with Crippen molar-refractivity contribution in [3.8, 4) is 0 Å². The van der Waals surface area contributed by atoms with Gasteiger partial charge in [0.2, 0.25) is 5.95 Å². The maximum Gasteiger partial charge on any atom is 0.222 e. The van der Waals surface area contributed by atoms with Gasteiger partial charge in [-0.25, -0.2) is 9.97 Å². The first-order chi connectivity index (χ1) is 14.3. The van der Waals surface area contributed by atoms with E-state index in [2.05, 4.69) is 67.9 Å². The Morgan fingerprint density at radius 2 is 1.68 bits per heavy atom. The van der Waals surface area contributed by atoms with Crippen LogP contribution in [-0.2, 0) is 0 Å². The first-order valence-corrected chi connectivity index (χ1v) is 11.1. The van der Waals surface area contributed by atoms with E-state index >= 15 is 0 Å². The number of allylic oxidation sites excluding steroid dienone is 1. The Morgan fingerprint density at radius 3 is 2.13 bits per heavy atom. The van der Waals surface area contributed by atoms with Gasteiger partial charge < -0.3 is 5.32 Å². The number of anilines is 1. The third-order valence-electron chi connectivity index (χ3n) is 4.01. The van der Waals surface area contributed by atoms with Crippen molar-refractivity contribution < 1.29 is 0 Å². The van der Waals surface area contributed by atoms with Crippen molar-refractivity contribution in [3.63, 3.8) is 0 Å². The molecule has 31 heavy (non-hydrogen) atoms. The quantitative estimate of drug-likeness (QED) is 0.518. The molecule has 0 spiro atoms. The number of nitrogens with zero attached hydrogens (tertiary/aromatic N) is 4. The molecule has 0 fully saturated rings. The number of hydrogen-bond donors (Lipinski definition) is 1. The van der Waals surface area contributed by atoms with Gasteiger partial charge in [0.15, 0.2) is 0 Å². The van der Waals surface area contributed by atoms with Crippen molar-refractivity contribution in [1.82, 2.24) is 15.0 Å². The smallest absolute Gasteiger partial charge is 0.222 e. The molecule has 2 aromatic rings. The first-order valence-electron chi connectivity index (χ1n) is 11.1. The van der Waals surface area contributed by atoms with Crippen LogP contribution in [0.5, 0.6) is 0 Å². The SMILES string of the molecule is C/C=C(/c1ccc(N=C(C)C)c(C)n1)c1cnc(NCC(C)(C)C)nc1C.CC(C)C. The van der Waals surface area contributed by atoms with Gasteiger partial charge in [0.1, 0.15) is 0 Å². The molecule has 0 radical (unpaired) electrons. The van der Waals surface area contributed by atoms with Crippen molar-refractivity contribution >= 4 is 22.9 Å². The van der Waals surface area contributed by atoms with E-state index in [4.69, 9.17) is 4.98 Å². The highest BCUT2D eigenvalue weighted by Crippen LogP contribution is 2.27. The summed E-state index contributed by atoms with van der Waals surface area (Å²) in [4.78, 5) is 18.4. The van der Waals surface area contributed by atoms with Crippen molar-refractivity contribution in [3.05, 3.63) is 47.1 Å². The van der Waals surface area contributed by atoms with Crippen LogP contribution >= 0.6 is 0 Å². The summed E-state index contributed by atoms with van der Waals surface area (Å²) < 4.78 is 0. The largest absolute Gasteiger partial charge is 0.354 e. The molecule has 2 heterocycles. The van der Waals surface area contributed by atoms with E-state index in [0.29, 0.717) is 5.95 Å². The van der Waals surface area contributed by atoms with E-state index in [-0.39, 0.29) is 5.41 Å². The number of aliphatic imine (C=N–C) groups is 1. The van der Waals surface area contributed by atoms with E-state index in [1.54, 1.807) is 0 Å². The van der Waals surface area contributed by atoms with Gasteiger partial charge in [0, 0.05) is 29.6 Å². The molecule has 2 aromatic heterocycles. The molecule has 0 aliphatic heterocycles. The second kappa shape index (κ2) is 11.7. The molecule has 0 aliphatic carbocycles. The fourth-order valence-corrected chi connectivity index (χ4v) is 2.67. The monoisotopic (exact) mass is 423 g/mol. The molecule has 0 aromatic carbocycles. The van der Waals surface area contributed by atoms with E-state index < -0.39 is 0 Å². The zero-order valence-electron chi connectivity index (χ0n) is 21.4. The average molecular weight is 424 g/mol. The Hall–Kier alpha value is -2.56. The minimum atomic E-state index is 0.174. The summed E-state index contributed by atoms with van der Waals surface area (Å²) in [6, 6.07) is 4.03.